The van der Waals surface area contributed by atoms with Crippen molar-refractivity contribution in [3.8, 4) is 0 Å². The molecule has 24 heavy (non-hydrogen) atoms. The van der Waals surface area contributed by atoms with Crippen molar-refractivity contribution in [2.45, 2.75) is 25.0 Å². The smallest absolute Gasteiger partial charge is 0.252 e. The number of anilines is 1. The highest BCUT2D eigenvalue weighted by atomic mass is 35.5. The van der Waals surface area contributed by atoms with Gasteiger partial charge in [-0.1, -0.05) is 41.9 Å². The van der Waals surface area contributed by atoms with E-state index in [0.717, 1.165) is 23.3 Å². The first-order chi connectivity index (χ1) is 11.6. The van der Waals surface area contributed by atoms with Crippen molar-refractivity contribution in [2.24, 2.45) is 0 Å². The molecule has 0 fully saturated rings. The van der Waals surface area contributed by atoms with Gasteiger partial charge in [0.1, 0.15) is 0 Å². The minimum atomic E-state index is -1.16. The van der Waals surface area contributed by atoms with E-state index in [-0.39, 0.29) is 5.91 Å². The normalized spacial score (nSPS) is 15.4. The van der Waals surface area contributed by atoms with E-state index in [2.05, 4.69) is 5.32 Å². The fraction of sp³-hybridized carbons (Fsp3) is 0.211. The molecule has 5 heteroatoms. The summed E-state index contributed by atoms with van der Waals surface area (Å²) < 4.78 is 12.7. The molecule has 0 heterocycles. The first-order valence-corrected chi connectivity index (χ1v) is 9.54. The fourth-order valence-corrected chi connectivity index (χ4v) is 4.40. The predicted octanol–water partition coefficient (Wildman–Crippen LogP) is 4.67. The van der Waals surface area contributed by atoms with Crippen LogP contribution in [0.4, 0.5) is 5.69 Å². The van der Waals surface area contributed by atoms with Crippen molar-refractivity contribution < 1.29 is 9.00 Å². The third-order valence-corrected chi connectivity index (χ3v) is 5.81. The number of benzene rings is 2. The Morgan fingerprint density at radius 3 is 2.46 bits per heavy atom. The van der Waals surface area contributed by atoms with E-state index in [1.807, 2.05) is 30.3 Å². The van der Waals surface area contributed by atoms with Crippen LogP contribution in [0, 0.1) is 0 Å². The lowest BCUT2D eigenvalue weighted by Crippen LogP contribution is -2.15. The van der Waals surface area contributed by atoms with Gasteiger partial charge in [0.25, 0.3) is 5.91 Å². The van der Waals surface area contributed by atoms with Gasteiger partial charge in [0.2, 0.25) is 0 Å². The Hall–Kier alpha value is -1.91. The highest BCUT2D eigenvalue weighted by Gasteiger charge is 2.25. The van der Waals surface area contributed by atoms with E-state index in [1.54, 1.807) is 24.3 Å². The zero-order valence-corrected chi connectivity index (χ0v) is 14.7. The van der Waals surface area contributed by atoms with Crippen LogP contribution in [0.25, 0.3) is 0 Å². The number of hydrogen-bond donors (Lipinski definition) is 1. The van der Waals surface area contributed by atoms with Crippen molar-refractivity contribution in [1.82, 2.24) is 0 Å². The Morgan fingerprint density at radius 1 is 1.04 bits per heavy atom. The first kappa shape index (κ1) is 16.9. The first-order valence-electron chi connectivity index (χ1n) is 7.85. The second-order valence-corrected chi connectivity index (χ2v) is 7.60. The van der Waals surface area contributed by atoms with Crippen molar-refractivity contribution >= 4 is 34.0 Å². The van der Waals surface area contributed by atoms with Crippen LogP contribution in [0.2, 0.25) is 5.02 Å². The highest BCUT2D eigenvalue weighted by Crippen LogP contribution is 2.31. The van der Waals surface area contributed by atoms with Crippen LogP contribution in [-0.4, -0.2) is 10.1 Å². The summed E-state index contributed by atoms with van der Waals surface area (Å²) in [6, 6.07) is 16.7. The zero-order valence-electron chi connectivity index (χ0n) is 13.1. The molecular formula is C19H18ClNO2S. The van der Waals surface area contributed by atoms with Gasteiger partial charge in [0.15, 0.2) is 0 Å². The molecule has 0 saturated heterocycles. The molecule has 0 saturated carbocycles. The SMILES string of the molecule is O=C(Nc1ccc(Cl)cc1)C1=C(S(=O)Cc2ccccc2)CCC1. The van der Waals surface area contributed by atoms with E-state index in [4.69, 9.17) is 11.6 Å². The van der Waals surface area contributed by atoms with Crippen LogP contribution in [0.15, 0.2) is 65.1 Å². The van der Waals surface area contributed by atoms with Gasteiger partial charge in [0, 0.05) is 21.2 Å². The summed E-state index contributed by atoms with van der Waals surface area (Å²) >= 11 is 5.85. The van der Waals surface area contributed by atoms with Gasteiger partial charge >= 0.3 is 0 Å². The molecule has 2 aromatic carbocycles. The number of nitrogens with one attached hydrogen (secondary N) is 1. The third kappa shape index (κ3) is 4.13. The van der Waals surface area contributed by atoms with Gasteiger partial charge in [-0.25, -0.2) is 0 Å². The fourth-order valence-electron chi connectivity index (χ4n) is 2.76. The van der Waals surface area contributed by atoms with Crippen LogP contribution in [0.3, 0.4) is 0 Å². The maximum atomic E-state index is 12.7. The number of amides is 1. The largest absolute Gasteiger partial charge is 0.322 e. The van der Waals surface area contributed by atoms with Gasteiger partial charge in [-0.15, -0.1) is 0 Å². The number of hydrogen-bond acceptors (Lipinski definition) is 2. The van der Waals surface area contributed by atoms with Gasteiger partial charge in [-0.3, -0.25) is 9.00 Å². The van der Waals surface area contributed by atoms with E-state index in [0.29, 0.717) is 28.5 Å². The minimum Gasteiger partial charge on any atom is -0.322 e. The Labute approximate surface area is 149 Å². The monoisotopic (exact) mass is 359 g/mol. The molecule has 3 rings (SSSR count). The molecule has 0 bridgehead atoms. The standard InChI is InChI=1S/C19H18ClNO2S/c20-15-9-11-16(12-10-15)21-19(22)17-7-4-8-18(17)24(23)13-14-5-2-1-3-6-14/h1-3,5-6,9-12H,4,7-8,13H2,(H,21,22). The minimum absolute atomic E-state index is 0.161. The summed E-state index contributed by atoms with van der Waals surface area (Å²) in [5, 5.41) is 3.49. The van der Waals surface area contributed by atoms with Crippen LogP contribution >= 0.6 is 11.6 Å². The zero-order chi connectivity index (χ0) is 16.9. The van der Waals surface area contributed by atoms with Gasteiger partial charge in [-0.05, 0) is 49.1 Å². The topological polar surface area (TPSA) is 46.2 Å². The molecule has 0 radical (unpaired) electrons. The Kier molecular flexibility index (Phi) is 5.48. The summed E-state index contributed by atoms with van der Waals surface area (Å²) in [5.74, 6) is 0.291. The van der Waals surface area contributed by atoms with Crippen molar-refractivity contribution in [1.29, 1.82) is 0 Å². The van der Waals surface area contributed by atoms with Crippen molar-refractivity contribution in [3.05, 3.63) is 75.7 Å². The lowest BCUT2D eigenvalue weighted by Gasteiger charge is -2.09. The van der Waals surface area contributed by atoms with E-state index >= 15 is 0 Å². The average molecular weight is 360 g/mol. The molecular weight excluding hydrogens is 342 g/mol. The summed E-state index contributed by atoms with van der Waals surface area (Å²) in [5.41, 5.74) is 2.38. The number of carbonyl (C=O) groups excluding carboxylic acids is 1. The van der Waals surface area contributed by atoms with Crippen molar-refractivity contribution in [2.75, 3.05) is 5.32 Å². The van der Waals surface area contributed by atoms with Gasteiger partial charge in [-0.2, -0.15) is 0 Å². The molecule has 1 unspecified atom stereocenters. The van der Waals surface area contributed by atoms with Gasteiger partial charge < -0.3 is 5.32 Å². The quantitative estimate of drug-likeness (QED) is 0.843. The molecule has 1 amide bonds. The molecule has 0 aliphatic heterocycles. The van der Waals surface area contributed by atoms with E-state index in [1.165, 1.54) is 0 Å². The molecule has 1 atom stereocenters. The number of carbonyl (C=O) groups is 1. The molecule has 124 valence electrons. The summed E-state index contributed by atoms with van der Waals surface area (Å²) in [4.78, 5) is 13.3. The van der Waals surface area contributed by atoms with Crippen LogP contribution in [0.5, 0.6) is 0 Å². The van der Waals surface area contributed by atoms with Crippen LogP contribution in [0.1, 0.15) is 24.8 Å². The van der Waals surface area contributed by atoms with E-state index in [9.17, 15) is 9.00 Å². The number of rotatable bonds is 5. The Bertz CT molecular complexity index is 785. The Morgan fingerprint density at radius 2 is 1.75 bits per heavy atom. The van der Waals surface area contributed by atoms with Crippen LogP contribution < -0.4 is 5.32 Å². The van der Waals surface area contributed by atoms with Crippen molar-refractivity contribution in [3.63, 3.8) is 0 Å². The molecule has 1 aliphatic rings. The lowest BCUT2D eigenvalue weighted by atomic mass is 10.2. The Balaban J connectivity index is 1.74. The molecule has 0 spiro atoms. The maximum Gasteiger partial charge on any atom is 0.252 e. The van der Waals surface area contributed by atoms with Crippen LogP contribution in [-0.2, 0) is 21.3 Å². The number of allylic oxidation sites excluding steroid dienone is 1. The highest BCUT2D eigenvalue weighted by molar-refractivity contribution is 7.88. The lowest BCUT2D eigenvalue weighted by molar-refractivity contribution is -0.112. The predicted molar refractivity (Wildman–Crippen MR) is 99.2 cm³/mol. The molecule has 2 aromatic rings. The second-order valence-electron chi connectivity index (χ2n) is 5.69. The molecule has 1 N–H and O–H groups in total. The third-order valence-electron chi connectivity index (χ3n) is 3.96. The maximum absolute atomic E-state index is 12.7. The number of halogens is 1. The van der Waals surface area contributed by atoms with E-state index < -0.39 is 10.8 Å². The second kappa shape index (κ2) is 7.77. The molecule has 0 aromatic heterocycles. The molecule has 3 nitrogen and oxygen atoms in total. The summed E-state index contributed by atoms with van der Waals surface area (Å²) in [6.07, 6.45) is 2.28. The summed E-state index contributed by atoms with van der Waals surface area (Å²) in [6.45, 7) is 0. The molecule has 1 aliphatic carbocycles. The average Bonchev–Trinajstić information content (AvgIpc) is 3.08. The van der Waals surface area contributed by atoms with Gasteiger partial charge in [0.05, 0.1) is 16.6 Å². The summed E-state index contributed by atoms with van der Waals surface area (Å²) in [7, 11) is -1.16.